The normalized spacial score (nSPS) is 12.6. The zero-order valence-electron chi connectivity index (χ0n) is 15.7. The van der Waals surface area contributed by atoms with Crippen LogP contribution in [0.3, 0.4) is 0 Å². The van der Waals surface area contributed by atoms with Crippen LogP contribution in [0.25, 0.3) is 37.1 Å². The molecule has 30 heavy (non-hydrogen) atoms. The molecule has 6 rings (SSSR count). The maximum atomic E-state index is 13.1. The number of rotatable bonds is 2. The summed E-state index contributed by atoms with van der Waals surface area (Å²) >= 11 is 2.92. The van der Waals surface area contributed by atoms with E-state index in [0.29, 0.717) is 15.2 Å². The number of aromatic nitrogens is 3. The first-order chi connectivity index (χ1) is 14.7. The summed E-state index contributed by atoms with van der Waals surface area (Å²) in [5, 5.41) is 0. The van der Waals surface area contributed by atoms with Crippen molar-refractivity contribution >= 4 is 65.8 Å². The van der Waals surface area contributed by atoms with E-state index >= 15 is 0 Å². The molecule has 0 saturated heterocycles. The first-order valence-electron chi connectivity index (χ1n) is 9.19. The highest BCUT2D eigenvalue weighted by Gasteiger charge is 2.19. The summed E-state index contributed by atoms with van der Waals surface area (Å²) < 4.78 is 10.2. The molecule has 0 aliphatic carbocycles. The van der Waals surface area contributed by atoms with Gasteiger partial charge in [-0.15, -0.1) is 11.3 Å². The predicted molar refractivity (Wildman–Crippen MR) is 120 cm³/mol. The molecule has 0 spiro atoms. The van der Waals surface area contributed by atoms with E-state index in [1.54, 1.807) is 21.8 Å². The van der Waals surface area contributed by atoms with E-state index in [1.165, 1.54) is 18.4 Å². The lowest BCUT2D eigenvalue weighted by molar-refractivity contribution is 0.0593. The Hall–Kier alpha value is -3.49. The number of carbonyl (C=O) groups is 1. The number of para-hydroxylation sites is 3. The summed E-state index contributed by atoms with van der Waals surface area (Å²) in [5.74, 6) is -0.414. The van der Waals surface area contributed by atoms with Crippen molar-refractivity contribution in [1.29, 1.82) is 0 Å². The Morgan fingerprint density at radius 1 is 1.03 bits per heavy atom. The van der Waals surface area contributed by atoms with Crippen LogP contribution in [0.4, 0.5) is 0 Å². The van der Waals surface area contributed by atoms with Gasteiger partial charge in [0.25, 0.3) is 5.56 Å². The first-order valence-corrected chi connectivity index (χ1v) is 10.8. The van der Waals surface area contributed by atoms with E-state index in [4.69, 9.17) is 4.74 Å². The van der Waals surface area contributed by atoms with E-state index in [1.807, 2.05) is 59.0 Å². The van der Waals surface area contributed by atoms with Gasteiger partial charge in [0, 0.05) is 5.56 Å². The van der Waals surface area contributed by atoms with Gasteiger partial charge in [-0.1, -0.05) is 35.6 Å². The Bertz CT molecular complexity index is 1740. The Morgan fingerprint density at radius 2 is 1.80 bits per heavy atom. The third kappa shape index (κ3) is 2.31. The van der Waals surface area contributed by atoms with Crippen molar-refractivity contribution in [2.24, 2.45) is 0 Å². The summed E-state index contributed by atoms with van der Waals surface area (Å²) in [4.78, 5) is 31.7. The van der Waals surface area contributed by atoms with Gasteiger partial charge in [-0.25, -0.2) is 14.2 Å². The van der Waals surface area contributed by atoms with Crippen molar-refractivity contribution in [2.75, 3.05) is 7.11 Å². The molecular weight excluding hydrogens is 418 g/mol. The highest BCUT2D eigenvalue weighted by Crippen LogP contribution is 2.32. The van der Waals surface area contributed by atoms with Gasteiger partial charge in [0.2, 0.25) is 0 Å². The first kappa shape index (κ1) is 17.4. The van der Waals surface area contributed by atoms with E-state index in [2.05, 4.69) is 4.98 Å². The second-order valence-corrected chi connectivity index (χ2v) is 8.86. The van der Waals surface area contributed by atoms with Crippen LogP contribution < -0.4 is 10.1 Å². The van der Waals surface area contributed by atoms with Crippen molar-refractivity contribution < 1.29 is 9.53 Å². The minimum atomic E-state index is -0.414. The van der Waals surface area contributed by atoms with Crippen LogP contribution in [-0.4, -0.2) is 26.9 Å². The molecule has 146 valence electrons. The van der Waals surface area contributed by atoms with E-state index < -0.39 is 5.97 Å². The van der Waals surface area contributed by atoms with Gasteiger partial charge in [-0.05, 0) is 36.4 Å². The van der Waals surface area contributed by atoms with Crippen LogP contribution in [0.1, 0.15) is 16.1 Å². The Morgan fingerprint density at radius 3 is 2.63 bits per heavy atom. The van der Waals surface area contributed by atoms with Crippen LogP contribution in [0, 0.1) is 0 Å². The fourth-order valence-corrected chi connectivity index (χ4v) is 5.92. The molecule has 2 aromatic carbocycles. The summed E-state index contributed by atoms with van der Waals surface area (Å²) in [5.41, 5.74) is 3.68. The van der Waals surface area contributed by atoms with Crippen molar-refractivity contribution in [2.45, 2.75) is 0 Å². The molecule has 0 saturated carbocycles. The summed E-state index contributed by atoms with van der Waals surface area (Å²) in [7, 11) is 1.37. The van der Waals surface area contributed by atoms with Crippen LogP contribution in [0.2, 0.25) is 0 Å². The number of thiazole rings is 2. The van der Waals surface area contributed by atoms with Crippen molar-refractivity contribution in [3.63, 3.8) is 0 Å². The Kier molecular flexibility index (Phi) is 3.62. The fraction of sp³-hybridized carbons (Fsp3) is 0.0455. The molecule has 8 heteroatoms. The molecule has 0 N–H and O–H groups in total. The Balaban J connectivity index is 1.67. The monoisotopic (exact) mass is 431 g/mol. The third-order valence-corrected chi connectivity index (χ3v) is 7.27. The number of imidazole rings is 1. The average molecular weight is 431 g/mol. The van der Waals surface area contributed by atoms with Gasteiger partial charge < -0.3 is 4.74 Å². The largest absolute Gasteiger partial charge is 0.464 e. The molecule has 0 radical (unpaired) electrons. The molecule has 6 aromatic rings. The second kappa shape index (κ2) is 6.25. The van der Waals surface area contributed by atoms with Gasteiger partial charge in [-0.2, -0.15) is 0 Å². The van der Waals surface area contributed by atoms with Crippen molar-refractivity contribution in [3.8, 4) is 0 Å². The van der Waals surface area contributed by atoms with Crippen molar-refractivity contribution in [1.82, 2.24) is 13.8 Å². The second-order valence-electron chi connectivity index (χ2n) is 6.82. The SMILES string of the molecule is COC(=O)c1cc(C=c2sc3nc4ccccc4n3c2=O)c2sc3ccccc3n12. The standard InChI is InChI=1S/C22H13N3O3S2/c1-28-21(27)16-10-12(20-24(16)15-8-4-5-9-17(15)29-20)11-18-19(26)25-14-7-3-2-6-13(14)23-22(25)30-18/h2-11H,1H3. The molecule has 0 atom stereocenters. The molecule has 0 bridgehead atoms. The molecule has 4 aromatic heterocycles. The maximum Gasteiger partial charge on any atom is 0.355 e. The lowest BCUT2D eigenvalue weighted by atomic mass is 10.3. The Labute approximate surface area is 176 Å². The number of benzene rings is 2. The maximum absolute atomic E-state index is 13.1. The number of fused-ring (bicyclic) bond motifs is 6. The van der Waals surface area contributed by atoms with E-state index in [-0.39, 0.29) is 5.56 Å². The number of carbonyl (C=O) groups excluding carboxylic acids is 1. The average Bonchev–Trinajstić information content (AvgIpc) is 3.48. The van der Waals surface area contributed by atoms with E-state index in [9.17, 15) is 9.59 Å². The lowest BCUT2D eigenvalue weighted by Crippen LogP contribution is -2.22. The number of nitrogens with zero attached hydrogens (tertiary/aromatic N) is 3. The van der Waals surface area contributed by atoms with Gasteiger partial charge in [0.1, 0.15) is 10.5 Å². The van der Waals surface area contributed by atoms with Crippen LogP contribution in [0.5, 0.6) is 0 Å². The number of hydrogen-bond donors (Lipinski definition) is 0. The quantitative estimate of drug-likeness (QED) is 0.392. The number of hydrogen-bond acceptors (Lipinski definition) is 6. The number of methoxy groups -OCH3 is 1. The van der Waals surface area contributed by atoms with Gasteiger partial charge in [-0.3, -0.25) is 9.20 Å². The van der Waals surface area contributed by atoms with Crippen LogP contribution in [0.15, 0.2) is 59.4 Å². The fourth-order valence-electron chi connectivity index (χ4n) is 3.80. The highest BCUT2D eigenvalue weighted by molar-refractivity contribution is 7.24. The molecule has 0 amide bonds. The smallest absolute Gasteiger partial charge is 0.355 e. The van der Waals surface area contributed by atoms with Crippen LogP contribution >= 0.6 is 22.7 Å². The molecule has 0 aliphatic heterocycles. The molecule has 0 aliphatic rings. The zero-order chi connectivity index (χ0) is 20.4. The zero-order valence-corrected chi connectivity index (χ0v) is 17.3. The van der Waals surface area contributed by atoms with E-state index in [0.717, 1.165) is 31.6 Å². The number of ether oxygens (including phenoxy) is 1. The van der Waals surface area contributed by atoms with Gasteiger partial charge in [0.05, 0.1) is 32.9 Å². The molecule has 4 heterocycles. The summed E-state index contributed by atoms with van der Waals surface area (Å²) in [6.45, 7) is 0. The predicted octanol–water partition coefficient (Wildman–Crippen LogP) is 3.71. The summed E-state index contributed by atoms with van der Waals surface area (Å²) in [6, 6.07) is 17.3. The topological polar surface area (TPSA) is 65.1 Å². The minimum absolute atomic E-state index is 0.108. The van der Waals surface area contributed by atoms with Gasteiger partial charge in [0.15, 0.2) is 4.96 Å². The molecule has 6 nitrogen and oxygen atoms in total. The third-order valence-electron chi connectivity index (χ3n) is 5.12. The number of esters is 1. The summed E-state index contributed by atoms with van der Waals surface area (Å²) in [6.07, 6.45) is 1.84. The van der Waals surface area contributed by atoms with Crippen molar-refractivity contribution in [3.05, 3.63) is 80.7 Å². The molecule has 0 fully saturated rings. The molecule has 0 unspecified atom stereocenters. The van der Waals surface area contributed by atoms with Crippen LogP contribution in [-0.2, 0) is 4.74 Å². The minimum Gasteiger partial charge on any atom is -0.464 e. The highest BCUT2D eigenvalue weighted by atomic mass is 32.1. The van der Waals surface area contributed by atoms with Gasteiger partial charge >= 0.3 is 5.97 Å². The lowest BCUT2D eigenvalue weighted by Gasteiger charge is -1.98. The molecular formula is C22H13N3O3S2.